The summed E-state index contributed by atoms with van der Waals surface area (Å²) in [6.45, 7) is -0.0132. The molecule has 0 spiro atoms. The van der Waals surface area contributed by atoms with Crippen LogP contribution in [0, 0.1) is 0 Å². The molecular formula is C10H17N3O4. The molecule has 1 saturated carbocycles. The molecule has 17 heavy (non-hydrogen) atoms. The molecular weight excluding hydrogens is 226 g/mol. The predicted octanol–water partition coefficient (Wildman–Crippen LogP) is -1.55. The van der Waals surface area contributed by atoms with Gasteiger partial charge in [-0.1, -0.05) is 0 Å². The number of carbonyl (C=O) groups is 3. The molecule has 0 aliphatic heterocycles. The number of rotatable bonds is 8. The molecule has 2 amide bonds. The van der Waals surface area contributed by atoms with Crippen LogP contribution in [-0.2, 0) is 14.4 Å². The first-order valence-corrected chi connectivity index (χ1v) is 5.56. The van der Waals surface area contributed by atoms with Crippen LogP contribution < -0.4 is 16.0 Å². The van der Waals surface area contributed by atoms with E-state index < -0.39 is 18.4 Å². The fourth-order valence-electron chi connectivity index (χ4n) is 1.18. The quantitative estimate of drug-likeness (QED) is 0.412. The number of carboxylic acids is 1. The summed E-state index contributed by atoms with van der Waals surface area (Å²) in [6.07, 6.45) is 2.65. The summed E-state index contributed by atoms with van der Waals surface area (Å²) in [7, 11) is 0. The van der Waals surface area contributed by atoms with Gasteiger partial charge in [-0.05, 0) is 12.8 Å². The van der Waals surface area contributed by atoms with Crippen LogP contribution in [0.25, 0.3) is 0 Å². The van der Waals surface area contributed by atoms with Gasteiger partial charge < -0.3 is 21.1 Å². The maximum atomic E-state index is 11.2. The summed E-state index contributed by atoms with van der Waals surface area (Å²) >= 11 is 0. The van der Waals surface area contributed by atoms with Crippen LogP contribution in [0.15, 0.2) is 0 Å². The maximum absolute atomic E-state index is 11.2. The first kappa shape index (κ1) is 13.4. The molecule has 0 heterocycles. The van der Waals surface area contributed by atoms with E-state index in [9.17, 15) is 14.4 Å². The normalized spacial score (nSPS) is 14.1. The Kier molecular flexibility index (Phi) is 5.41. The summed E-state index contributed by atoms with van der Waals surface area (Å²) in [5, 5.41) is 16.0. The Morgan fingerprint density at radius 1 is 1.06 bits per heavy atom. The second-order valence-electron chi connectivity index (χ2n) is 3.93. The molecule has 0 aromatic rings. The van der Waals surface area contributed by atoms with Crippen molar-refractivity contribution in [2.45, 2.75) is 25.3 Å². The lowest BCUT2D eigenvalue weighted by molar-refractivity contribution is -0.137. The van der Waals surface area contributed by atoms with Gasteiger partial charge in [0.1, 0.15) is 6.54 Å². The van der Waals surface area contributed by atoms with Crippen molar-refractivity contribution in [2.24, 2.45) is 0 Å². The highest BCUT2D eigenvalue weighted by molar-refractivity contribution is 5.86. The molecule has 0 bridgehead atoms. The smallest absolute Gasteiger partial charge is 0.322 e. The van der Waals surface area contributed by atoms with Crippen molar-refractivity contribution in [1.82, 2.24) is 16.0 Å². The fraction of sp³-hybridized carbons (Fsp3) is 0.700. The van der Waals surface area contributed by atoms with Gasteiger partial charge in [0.25, 0.3) is 0 Å². The molecule has 1 fully saturated rings. The standard InChI is InChI=1S/C10H17N3O4/c14-8(3-4-11-7-1-2-7)12-5-9(15)13-6-10(16)17/h7,11H,1-6H2,(H,12,14)(H,13,15)(H,16,17). The molecule has 1 aliphatic carbocycles. The molecule has 0 saturated heterocycles. The number of hydrogen-bond donors (Lipinski definition) is 4. The zero-order chi connectivity index (χ0) is 12.7. The zero-order valence-corrected chi connectivity index (χ0v) is 9.49. The monoisotopic (exact) mass is 243 g/mol. The van der Waals surface area contributed by atoms with E-state index in [1.807, 2.05) is 0 Å². The van der Waals surface area contributed by atoms with Crippen LogP contribution in [0.5, 0.6) is 0 Å². The second-order valence-corrected chi connectivity index (χ2v) is 3.93. The molecule has 96 valence electrons. The Bertz CT molecular complexity index is 302. The van der Waals surface area contributed by atoms with Crippen LogP contribution in [-0.4, -0.2) is 48.6 Å². The highest BCUT2D eigenvalue weighted by Gasteiger charge is 2.20. The summed E-state index contributed by atoms with van der Waals surface area (Å²) in [4.78, 5) is 32.4. The summed E-state index contributed by atoms with van der Waals surface area (Å²) in [5.74, 6) is -1.84. The fourth-order valence-corrected chi connectivity index (χ4v) is 1.18. The van der Waals surface area contributed by atoms with Gasteiger partial charge in [-0.2, -0.15) is 0 Å². The van der Waals surface area contributed by atoms with Crippen molar-refractivity contribution < 1.29 is 19.5 Å². The Morgan fingerprint density at radius 3 is 2.29 bits per heavy atom. The van der Waals surface area contributed by atoms with E-state index in [1.165, 1.54) is 12.8 Å². The number of carbonyl (C=O) groups excluding carboxylic acids is 2. The minimum atomic E-state index is -1.11. The molecule has 0 atom stereocenters. The van der Waals surface area contributed by atoms with Crippen LogP contribution in [0.3, 0.4) is 0 Å². The Balaban J connectivity index is 1.97. The minimum Gasteiger partial charge on any atom is -0.480 e. The van der Waals surface area contributed by atoms with Crippen LogP contribution in [0.4, 0.5) is 0 Å². The SMILES string of the molecule is O=C(O)CNC(=O)CNC(=O)CCNC1CC1. The van der Waals surface area contributed by atoms with Gasteiger partial charge >= 0.3 is 5.97 Å². The van der Waals surface area contributed by atoms with Gasteiger partial charge in [-0.3, -0.25) is 14.4 Å². The van der Waals surface area contributed by atoms with Gasteiger partial charge in [0, 0.05) is 19.0 Å². The van der Waals surface area contributed by atoms with Crippen molar-refractivity contribution in [1.29, 1.82) is 0 Å². The molecule has 7 heteroatoms. The Morgan fingerprint density at radius 2 is 1.71 bits per heavy atom. The van der Waals surface area contributed by atoms with Crippen LogP contribution in [0.2, 0.25) is 0 Å². The molecule has 0 aromatic carbocycles. The van der Waals surface area contributed by atoms with Crippen molar-refractivity contribution in [3.63, 3.8) is 0 Å². The number of nitrogens with one attached hydrogen (secondary N) is 3. The van der Waals surface area contributed by atoms with Crippen molar-refractivity contribution in [3.05, 3.63) is 0 Å². The largest absolute Gasteiger partial charge is 0.480 e. The Labute approximate surface area is 98.9 Å². The van der Waals surface area contributed by atoms with E-state index >= 15 is 0 Å². The van der Waals surface area contributed by atoms with Crippen molar-refractivity contribution >= 4 is 17.8 Å². The van der Waals surface area contributed by atoms with Gasteiger partial charge in [-0.25, -0.2) is 0 Å². The van der Waals surface area contributed by atoms with Gasteiger partial charge in [-0.15, -0.1) is 0 Å². The van der Waals surface area contributed by atoms with Gasteiger partial charge in [0.15, 0.2) is 0 Å². The topological polar surface area (TPSA) is 108 Å². The number of hydrogen-bond acceptors (Lipinski definition) is 4. The highest BCUT2D eigenvalue weighted by atomic mass is 16.4. The average Bonchev–Trinajstić information content (AvgIpc) is 3.07. The molecule has 0 aromatic heterocycles. The molecule has 1 rings (SSSR count). The Hall–Kier alpha value is -1.63. The van der Waals surface area contributed by atoms with Gasteiger partial charge in [0.2, 0.25) is 11.8 Å². The van der Waals surface area contributed by atoms with Gasteiger partial charge in [0.05, 0.1) is 6.54 Å². The average molecular weight is 243 g/mol. The predicted molar refractivity (Wildman–Crippen MR) is 59.3 cm³/mol. The number of aliphatic carboxylic acids is 1. The van der Waals surface area contributed by atoms with E-state index in [0.29, 0.717) is 19.0 Å². The van der Waals surface area contributed by atoms with E-state index in [4.69, 9.17) is 5.11 Å². The summed E-state index contributed by atoms with van der Waals surface area (Å²) in [6, 6.07) is 0.557. The summed E-state index contributed by atoms with van der Waals surface area (Å²) in [5.41, 5.74) is 0. The molecule has 7 nitrogen and oxygen atoms in total. The summed E-state index contributed by atoms with van der Waals surface area (Å²) < 4.78 is 0. The zero-order valence-electron chi connectivity index (χ0n) is 9.49. The first-order valence-electron chi connectivity index (χ1n) is 5.56. The molecule has 1 aliphatic rings. The van der Waals surface area contributed by atoms with E-state index in [-0.39, 0.29) is 12.5 Å². The molecule has 4 N–H and O–H groups in total. The highest BCUT2D eigenvalue weighted by Crippen LogP contribution is 2.18. The first-order chi connectivity index (χ1) is 8.08. The van der Waals surface area contributed by atoms with Crippen molar-refractivity contribution in [2.75, 3.05) is 19.6 Å². The van der Waals surface area contributed by atoms with Crippen LogP contribution >= 0.6 is 0 Å². The second kappa shape index (κ2) is 6.85. The van der Waals surface area contributed by atoms with Crippen LogP contribution in [0.1, 0.15) is 19.3 Å². The van der Waals surface area contributed by atoms with E-state index in [1.54, 1.807) is 0 Å². The van der Waals surface area contributed by atoms with E-state index in [2.05, 4.69) is 16.0 Å². The third kappa shape index (κ3) is 7.29. The number of amides is 2. The lowest BCUT2D eigenvalue weighted by Gasteiger charge is -2.05. The minimum absolute atomic E-state index is 0.185. The maximum Gasteiger partial charge on any atom is 0.322 e. The molecule has 0 radical (unpaired) electrons. The van der Waals surface area contributed by atoms with Crippen molar-refractivity contribution in [3.8, 4) is 0 Å². The number of carboxylic acid groups (broad SMARTS) is 1. The lowest BCUT2D eigenvalue weighted by Crippen LogP contribution is -2.39. The van der Waals surface area contributed by atoms with E-state index in [0.717, 1.165) is 0 Å². The third-order valence-corrected chi connectivity index (χ3v) is 2.25. The lowest BCUT2D eigenvalue weighted by atomic mass is 10.4. The molecule has 0 unspecified atom stereocenters. The third-order valence-electron chi connectivity index (χ3n) is 2.25.